The van der Waals surface area contributed by atoms with Crippen LogP contribution in [0.5, 0.6) is 0 Å². The first-order chi connectivity index (χ1) is 5.74. The van der Waals surface area contributed by atoms with Crippen molar-refractivity contribution in [3.63, 3.8) is 0 Å². The van der Waals surface area contributed by atoms with Gasteiger partial charge in [-0.15, -0.1) is 0 Å². The van der Waals surface area contributed by atoms with Crippen LogP contribution in [-0.2, 0) is 4.79 Å². The second-order valence-corrected chi connectivity index (χ2v) is 3.30. The molecule has 0 unspecified atom stereocenters. The Morgan fingerprint density at radius 2 is 2.17 bits per heavy atom. The Morgan fingerprint density at radius 1 is 1.58 bits per heavy atom. The summed E-state index contributed by atoms with van der Waals surface area (Å²) in [5.74, 6) is -0.0161. The Kier molecular flexibility index (Phi) is 3.53. The van der Waals surface area contributed by atoms with Gasteiger partial charge in [-0.05, 0) is 32.4 Å². The number of piperidine rings is 1. The molecule has 0 bridgehead atoms. The predicted octanol–water partition coefficient (Wildman–Crippen LogP) is 0.755. The maximum absolute atomic E-state index is 10.8. The summed E-state index contributed by atoms with van der Waals surface area (Å²) in [6.07, 6.45) is 2.92. The first kappa shape index (κ1) is 9.52. The first-order valence-corrected chi connectivity index (χ1v) is 4.60. The molecule has 1 saturated heterocycles. The highest BCUT2D eigenvalue weighted by atomic mass is 16.1. The average Bonchev–Trinajstić information content (AvgIpc) is 2.06. The summed E-state index contributed by atoms with van der Waals surface area (Å²) in [5, 5.41) is 0. The van der Waals surface area contributed by atoms with Crippen molar-refractivity contribution in [2.45, 2.75) is 26.2 Å². The van der Waals surface area contributed by atoms with Crippen LogP contribution in [0.1, 0.15) is 26.2 Å². The van der Waals surface area contributed by atoms with Gasteiger partial charge < -0.3 is 5.73 Å². The van der Waals surface area contributed by atoms with Crippen molar-refractivity contribution >= 4 is 5.91 Å². The Balaban J connectivity index is 2.25. The smallest absolute Gasteiger partial charge is 0.220 e. The van der Waals surface area contributed by atoms with Crippen LogP contribution in [0, 0.1) is 12.5 Å². The van der Waals surface area contributed by atoms with Gasteiger partial charge in [0.05, 0.1) is 0 Å². The van der Waals surface area contributed by atoms with Crippen molar-refractivity contribution < 1.29 is 4.79 Å². The van der Waals surface area contributed by atoms with Crippen LogP contribution >= 0.6 is 0 Å². The number of hydrogen-bond donors (Lipinski definition) is 1. The maximum atomic E-state index is 10.8. The summed E-state index contributed by atoms with van der Waals surface area (Å²) < 4.78 is 0. The van der Waals surface area contributed by atoms with Gasteiger partial charge in [-0.2, -0.15) is 0 Å². The molecule has 3 heteroatoms. The minimum absolute atomic E-state index is 0.117. The van der Waals surface area contributed by atoms with E-state index in [1.54, 1.807) is 0 Å². The lowest BCUT2D eigenvalue weighted by Gasteiger charge is -2.29. The fraction of sp³-hybridized carbons (Fsp3) is 0.778. The van der Waals surface area contributed by atoms with Crippen molar-refractivity contribution in [3.8, 4) is 0 Å². The van der Waals surface area contributed by atoms with Gasteiger partial charge in [0.1, 0.15) is 0 Å². The normalized spacial score (nSPS) is 21.1. The Hall–Kier alpha value is -0.570. The zero-order chi connectivity index (χ0) is 8.97. The number of rotatable bonds is 3. The third kappa shape index (κ3) is 2.48. The second-order valence-electron chi connectivity index (χ2n) is 3.30. The van der Waals surface area contributed by atoms with E-state index in [4.69, 9.17) is 5.73 Å². The van der Waals surface area contributed by atoms with Gasteiger partial charge in [0.15, 0.2) is 0 Å². The van der Waals surface area contributed by atoms with E-state index in [0.29, 0.717) is 0 Å². The number of primary amides is 1. The minimum Gasteiger partial charge on any atom is -0.369 e. The quantitative estimate of drug-likeness (QED) is 0.678. The van der Waals surface area contributed by atoms with E-state index < -0.39 is 0 Å². The molecule has 0 saturated carbocycles. The zero-order valence-electron chi connectivity index (χ0n) is 7.62. The summed E-state index contributed by atoms with van der Waals surface area (Å²) in [4.78, 5) is 13.1. The molecule has 0 aromatic heterocycles. The van der Waals surface area contributed by atoms with Crippen molar-refractivity contribution in [2.75, 3.05) is 13.1 Å². The van der Waals surface area contributed by atoms with Crippen LogP contribution in [0.4, 0.5) is 0 Å². The second kappa shape index (κ2) is 4.45. The predicted molar refractivity (Wildman–Crippen MR) is 48.1 cm³/mol. The van der Waals surface area contributed by atoms with Crippen molar-refractivity contribution in [1.82, 2.24) is 4.90 Å². The summed E-state index contributed by atoms with van der Waals surface area (Å²) in [7, 11) is 0. The molecule has 0 aromatic rings. The Labute approximate surface area is 73.9 Å². The lowest BCUT2D eigenvalue weighted by atomic mass is 9.96. The molecule has 0 atom stereocenters. The van der Waals surface area contributed by atoms with Crippen LogP contribution in [0.25, 0.3) is 0 Å². The van der Waals surface area contributed by atoms with Gasteiger partial charge in [0, 0.05) is 12.5 Å². The van der Waals surface area contributed by atoms with Gasteiger partial charge in [0.25, 0.3) is 0 Å². The molecule has 1 rings (SSSR count). The highest BCUT2D eigenvalue weighted by Gasteiger charge is 2.22. The number of nitrogens with two attached hydrogens (primary N) is 1. The monoisotopic (exact) mass is 169 g/mol. The van der Waals surface area contributed by atoms with Crippen LogP contribution < -0.4 is 5.73 Å². The molecule has 69 valence electrons. The summed E-state index contributed by atoms with van der Waals surface area (Å²) in [5.41, 5.74) is 5.22. The molecule has 3 nitrogen and oxygen atoms in total. The molecule has 12 heavy (non-hydrogen) atoms. The average molecular weight is 169 g/mol. The molecule has 2 N–H and O–H groups in total. The maximum Gasteiger partial charge on any atom is 0.220 e. The van der Waals surface area contributed by atoms with Gasteiger partial charge in [0.2, 0.25) is 5.91 Å². The first-order valence-electron chi connectivity index (χ1n) is 4.60. The zero-order valence-corrected chi connectivity index (χ0v) is 7.62. The number of carbonyl (C=O) groups is 1. The summed E-state index contributed by atoms with van der Waals surface area (Å²) >= 11 is 0. The standard InChI is InChI=1S/C9H17N2O/c1-2-5-11-6-3-8(4-7-11)9(10)12/h5,8H,2-4,6-7H2,1H3,(H2,10,12). The molecule has 1 aliphatic rings. The molecule has 0 aromatic carbocycles. The molecule has 1 aliphatic heterocycles. The number of likely N-dealkylation sites (tertiary alicyclic amines) is 1. The van der Waals surface area contributed by atoms with E-state index in [1.807, 2.05) is 0 Å². The fourth-order valence-electron chi connectivity index (χ4n) is 1.62. The highest BCUT2D eigenvalue weighted by molar-refractivity contribution is 5.76. The Morgan fingerprint density at radius 3 is 2.58 bits per heavy atom. The van der Waals surface area contributed by atoms with E-state index in [1.165, 1.54) is 0 Å². The van der Waals surface area contributed by atoms with Gasteiger partial charge in [-0.3, -0.25) is 9.69 Å². The van der Waals surface area contributed by atoms with Crippen molar-refractivity contribution in [3.05, 3.63) is 6.54 Å². The van der Waals surface area contributed by atoms with Crippen LogP contribution in [-0.4, -0.2) is 23.9 Å². The van der Waals surface area contributed by atoms with Gasteiger partial charge in [-0.25, -0.2) is 0 Å². The third-order valence-electron chi connectivity index (χ3n) is 2.37. The van der Waals surface area contributed by atoms with E-state index in [-0.39, 0.29) is 11.8 Å². The van der Waals surface area contributed by atoms with E-state index in [2.05, 4.69) is 18.4 Å². The summed E-state index contributed by atoms with van der Waals surface area (Å²) in [6, 6.07) is 0. The van der Waals surface area contributed by atoms with Crippen molar-refractivity contribution in [1.29, 1.82) is 0 Å². The third-order valence-corrected chi connectivity index (χ3v) is 2.37. The Bertz CT molecular complexity index is 151. The molecule has 0 aliphatic carbocycles. The molecule has 1 amide bonds. The minimum atomic E-state index is -0.133. The van der Waals surface area contributed by atoms with Crippen LogP contribution in [0.2, 0.25) is 0 Å². The topological polar surface area (TPSA) is 46.3 Å². The lowest BCUT2D eigenvalue weighted by molar-refractivity contribution is -0.123. The SMILES string of the molecule is CC[CH]N1CCC(C(N)=O)CC1. The number of nitrogens with zero attached hydrogens (tertiary/aromatic N) is 1. The molecule has 1 radical (unpaired) electrons. The number of carbonyl (C=O) groups excluding carboxylic acids is 1. The van der Waals surface area contributed by atoms with Gasteiger partial charge in [-0.1, -0.05) is 6.92 Å². The van der Waals surface area contributed by atoms with Gasteiger partial charge >= 0.3 is 0 Å². The molecular weight excluding hydrogens is 152 g/mol. The largest absolute Gasteiger partial charge is 0.369 e. The lowest BCUT2D eigenvalue weighted by Crippen LogP contribution is -2.37. The van der Waals surface area contributed by atoms with E-state index >= 15 is 0 Å². The van der Waals surface area contributed by atoms with Crippen LogP contribution in [0.3, 0.4) is 0 Å². The number of hydrogen-bond acceptors (Lipinski definition) is 2. The fourth-order valence-corrected chi connectivity index (χ4v) is 1.62. The highest BCUT2D eigenvalue weighted by Crippen LogP contribution is 2.17. The van der Waals surface area contributed by atoms with E-state index in [9.17, 15) is 4.79 Å². The summed E-state index contributed by atoms with van der Waals surface area (Å²) in [6.45, 7) is 6.29. The molecular formula is C9H17N2O. The number of amides is 1. The molecule has 0 spiro atoms. The van der Waals surface area contributed by atoms with Crippen molar-refractivity contribution in [2.24, 2.45) is 11.7 Å². The van der Waals surface area contributed by atoms with Crippen LogP contribution in [0.15, 0.2) is 0 Å². The molecule has 1 fully saturated rings. The van der Waals surface area contributed by atoms with E-state index in [0.717, 1.165) is 32.4 Å². The molecule has 1 heterocycles.